The highest BCUT2D eigenvalue weighted by Crippen LogP contribution is 2.25. The molecule has 0 saturated carbocycles. The number of hydrogen-bond donors (Lipinski definition) is 2. The van der Waals surface area contributed by atoms with Crippen LogP contribution in [0, 0.1) is 5.92 Å². The predicted octanol–water partition coefficient (Wildman–Crippen LogP) is -0.196. The first kappa shape index (κ1) is 8.07. The minimum atomic E-state index is -0.801. The molecule has 1 fully saturated rings. The zero-order valence-electron chi connectivity index (χ0n) is 6.49. The summed E-state index contributed by atoms with van der Waals surface area (Å²) in [5.74, 6) is 0.297. The Morgan fingerprint density at radius 2 is 2.42 bits per heavy atom. The van der Waals surface area contributed by atoms with Gasteiger partial charge in [-0.3, -0.25) is 4.99 Å². The predicted molar refractivity (Wildman–Crippen MR) is 47.7 cm³/mol. The van der Waals surface area contributed by atoms with Crippen LogP contribution in [0.25, 0.3) is 0 Å². The summed E-state index contributed by atoms with van der Waals surface area (Å²) in [5, 5.41) is 12.8. The van der Waals surface area contributed by atoms with Gasteiger partial charge in [-0.25, -0.2) is 4.79 Å². The zero-order valence-corrected chi connectivity index (χ0v) is 7.30. The topological polar surface area (TPSA) is 61.7 Å². The Bertz CT molecular complexity index is 238. The summed E-state index contributed by atoms with van der Waals surface area (Å²) in [6.07, 6.45) is 0. The molecule has 12 heavy (non-hydrogen) atoms. The normalized spacial score (nSPS) is 29.7. The molecule has 2 aliphatic heterocycles. The van der Waals surface area contributed by atoms with E-state index in [2.05, 4.69) is 10.3 Å². The third-order valence-corrected chi connectivity index (χ3v) is 3.30. The van der Waals surface area contributed by atoms with E-state index in [1.165, 1.54) is 0 Å². The maximum Gasteiger partial charge on any atom is 0.329 e. The minimum Gasteiger partial charge on any atom is -0.480 e. The van der Waals surface area contributed by atoms with Crippen molar-refractivity contribution in [1.82, 2.24) is 5.32 Å². The molecule has 2 heterocycles. The first-order chi connectivity index (χ1) is 5.77. The molecule has 0 radical (unpaired) electrons. The number of aliphatic imine (C=N–C) groups is 1. The van der Waals surface area contributed by atoms with Crippen LogP contribution in [0.1, 0.15) is 0 Å². The van der Waals surface area contributed by atoms with Gasteiger partial charge in [-0.15, -0.1) is 11.8 Å². The molecule has 2 aliphatic rings. The first-order valence-corrected chi connectivity index (χ1v) is 4.90. The summed E-state index contributed by atoms with van der Waals surface area (Å²) in [5.41, 5.74) is 0. The molecule has 1 unspecified atom stereocenters. The van der Waals surface area contributed by atoms with Crippen LogP contribution >= 0.6 is 11.8 Å². The number of hydrogen-bond acceptors (Lipinski definition) is 4. The first-order valence-electron chi connectivity index (χ1n) is 3.91. The lowest BCUT2D eigenvalue weighted by Gasteiger charge is -2.26. The van der Waals surface area contributed by atoms with E-state index in [1.807, 2.05) is 0 Å². The lowest BCUT2D eigenvalue weighted by molar-refractivity contribution is -0.137. The monoisotopic (exact) mass is 186 g/mol. The molecule has 0 aliphatic carbocycles. The molecule has 0 bridgehead atoms. The molecule has 2 N–H and O–H groups in total. The van der Waals surface area contributed by atoms with Crippen molar-refractivity contribution in [3.05, 3.63) is 0 Å². The SMILES string of the molecule is O=C(O)C1CSC(C2CNC2)=N1. The van der Waals surface area contributed by atoms with E-state index in [4.69, 9.17) is 5.11 Å². The maximum absolute atomic E-state index is 10.5. The average Bonchev–Trinajstić information content (AvgIpc) is 2.32. The Kier molecular flexibility index (Phi) is 2.06. The third-order valence-electron chi connectivity index (χ3n) is 2.09. The van der Waals surface area contributed by atoms with Gasteiger partial charge >= 0.3 is 5.97 Å². The molecule has 66 valence electrons. The van der Waals surface area contributed by atoms with Gasteiger partial charge in [0.05, 0.1) is 5.04 Å². The van der Waals surface area contributed by atoms with Gasteiger partial charge < -0.3 is 10.4 Å². The number of aliphatic carboxylic acids is 1. The van der Waals surface area contributed by atoms with E-state index in [0.29, 0.717) is 11.7 Å². The van der Waals surface area contributed by atoms with Gasteiger partial charge in [0.1, 0.15) is 0 Å². The van der Waals surface area contributed by atoms with Crippen molar-refractivity contribution < 1.29 is 9.90 Å². The Hall–Kier alpha value is -0.550. The van der Waals surface area contributed by atoms with Crippen molar-refractivity contribution in [2.45, 2.75) is 6.04 Å². The van der Waals surface area contributed by atoms with Crippen molar-refractivity contribution in [3.63, 3.8) is 0 Å². The molecular weight excluding hydrogens is 176 g/mol. The molecule has 0 aromatic carbocycles. The van der Waals surface area contributed by atoms with E-state index in [0.717, 1.165) is 18.1 Å². The molecule has 0 aromatic rings. The molecule has 0 spiro atoms. The van der Waals surface area contributed by atoms with Crippen LogP contribution in [-0.2, 0) is 4.79 Å². The zero-order chi connectivity index (χ0) is 8.55. The van der Waals surface area contributed by atoms with E-state index in [-0.39, 0.29) is 0 Å². The molecule has 0 aromatic heterocycles. The summed E-state index contributed by atoms with van der Waals surface area (Å²) in [6, 6.07) is -0.495. The standard InChI is InChI=1S/C7H10N2O2S/c10-7(11)5-3-12-6(9-5)4-1-8-2-4/h4-5,8H,1-3H2,(H,10,11). The van der Waals surface area contributed by atoms with E-state index >= 15 is 0 Å². The number of thioether (sulfide) groups is 1. The number of carboxylic acids is 1. The van der Waals surface area contributed by atoms with E-state index < -0.39 is 12.0 Å². The Labute approximate surface area is 74.4 Å². The molecule has 1 atom stereocenters. The van der Waals surface area contributed by atoms with Crippen molar-refractivity contribution in [2.24, 2.45) is 10.9 Å². The number of rotatable bonds is 2. The lowest BCUT2D eigenvalue weighted by atomic mass is 10.1. The lowest BCUT2D eigenvalue weighted by Crippen LogP contribution is -2.45. The number of carboxylic acid groups (broad SMARTS) is 1. The van der Waals surface area contributed by atoms with Crippen LogP contribution in [0.15, 0.2) is 4.99 Å². The van der Waals surface area contributed by atoms with Crippen LogP contribution in [0.5, 0.6) is 0 Å². The van der Waals surface area contributed by atoms with Crippen LogP contribution in [0.3, 0.4) is 0 Å². The van der Waals surface area contributed by atoms with Gasteiger partial charge in [0.15, 0.2) is 6.04 Å². The molecule has 4 nitrogen and oxygen atoms in total. The number of nitrogens with zero attached hydrogens (tertiary/aromatic N) is 1. The van der Waals surface area contributed by atoms with Gasteiger partial charge in [-0.1, -0.05) is 0 Å². The van der Waals surface area contributed by atoms with Gasteiger partial charge in [-0.2, -0.15) is 0 Å². The second-order valence-electron chi connectivity index (χ2n) is 2.99. The fourth-order valence-corrected chi connectivity index (χ4v) is 2.36. The quantitative estimate of drug-likeness (QED) is 0.627. The van der Waals surface area contributed by atoms with Gasteiger partial charge in [-0.05, 0) is 0 Å². The van der Waals surface area contributed by atoms with E-state index in [9.17, 15) is 4.79 Å². The average molecular weight is 186 g/mol. The highest BCUT2D eigenvalue weighted by atomic mass is 32.2. The van der Waals surface area contributed by atoms with Crippen molar-refractivity contribution >= 4 is 22.8 Å². The van der Waals surface area contributed by atoms with Gasteiger partial charge in [0.25, 0.3) is 0 Å². The van der Waals surface area contributed by atoms with Crippen molar-refractivity contribution in [2.75, 3.05) is 18.8 Å². The van der Waals surface area contributed by atoms with Crippen molar-refractivity contribution in [1.29, 1.82) is 0 Å². The van der Waals surface area contributed by atoms with E-state index in [1.54, 1.807) is 11.8 Å². The Morgan fingerprint density at radius 3 is 2.83 bits per heavy atom. The second kappa shape index (κ2) is 3.06. The smallest absolute Gasteiger partial charge is 0.329 e. The third kappa shape index (κ3) is 1.34. The van der Waals surface area contributed by atoms with Crippen LogP contribution < -0.4 is 5.32 Å². The molecule has 1 saturated heterocycles. The molecule has 2 rings (SSSR count). The van der Waals surface area contributed by atoms with Gasteiger partial charge in [0.2, 0.25) is 0 Å². The fourth-order valence-electron chi connectivity index (χ4n) is 1.21. The second-order valence-corrected chi connectivity index (χ2v) is 4.03. The Morgan fingerprint density at radius 1 is 1.67 bits per heavy atom. The summed E-state index contributed by atoms with van der Waals surface area (Å²) in [4.78, 5) is 14.7. The highest BCUT2D eigenvalue weighted by Gasteiger charge is 2.31. The van der Waals surface area contributed by atoms with Crippen LogP contribution in [-0.4, -0.2) is 41.0 Å². The fraction of sp³-hybridized carbons (Fsp3) is 0.714. The molecular formula is C7H10N2O2S. The van der Waals surface area contributed by atoms with Crippen molar-refractivity contribution in [3.8, 4) is 0 Å². The summed E-state index contributed by atoms with van der Waals surface area (Å²) >= 11 is 1.59. The minimum absolute atomic E-state index is 0.486. The maximum atomic E-state index is 10.5. The largest absolute Gasteiger partial charge is 0.480 e. The van der Waals surface area contributed by atoms with Gasteiger partial charge in [0, 0.05) is 24.8 Å². The molecule has 5 heteroatoms. The number of carbonyl (C=O) groups is 1. The van der Waals surface area contributed by atoms with Crippen LogP contribution in [0.4, 0.5) is 0 Å². The summed E-state index contributed by atoms with van der Waals surface area (Å²) < 4.78 is 0. The number of nitrogens with one attached hydrogen (secondary N) is 1. The highest BCUT2D eigenvalue weighted by molar-refractivity contribution is 8.14. The molecule has 0 amide bonds. The van der Waals surface area contributed by atoms with Crippen LogP contribution in [0.2, 0.25) is 0 Å². The summed E-state index contributed by atoms with van der Waals surface area (Å²) in [7, 11) is 0. The Balaban J connectivity index is 1.99. The summed E-state index contributed by atoms with van der Waals surface area (Å²) in [6.45, 7) is 1.91.